The highest BCUT2D eigenvalue weighted by molar-refractivity contribution is 8.18. The van der Waals surface area contributed by atoms with Gasteiger partial charge in [-0.1, -0.05) is 29.8 Å². The van der Waals surface area contributed by atoms with Crippen LogP contribution < -0.4 is 4.74 Å². The summed E-state index contributed by atoms with van der Waals surface area (Å²) in [5.74, 6) is 0.702. The summed E-state index contributed by atoms with van der Waals surface area (Å²) in [4.78, 5) is 37.2. The summed E-state index contributed by atoms with van der Waals surface area (Å²) in [6, 6.07) is 15.1. The maximum absolute atomic E-state index is 12.8. The van der Waals surface area contributed by atoms with Crippen LogP contribution in [0.25, 0.3) is 17.4 Å². The van der Waals surface area contributed by atoms with Crippen molar-refractivity contribution in [3.05, 3.63) is 86.5 Å². The number of furan rings is 1. The van der Waals surface area contributed by atoms with Gasteiger partial charge in [-0.2, -0.15) is 0 Å². The van der Waals surface area contributed by atoms with Gasteiger partial charge in [0.05, 0.1) is 29.0 Å². The molecule has 1 aliphatic heterocycles. The summed E-state index contributed by atoms with van der Waals surface area (Å²) in [6.45, 7) is 2.14. The van der Waals surface area contributed by atoms with Crippen LogP contribution in [-0.4, -0.2) is 28.1 Å². The summed E-state index contributed by atoms with van der Waals surface area (Å²) >= 11 is 0.844. The monoisotopic (exact) mass is 450 g/mol. The Balaban J connectivity index is 1.58. The molecule has 162 valence electrons. The number of nitro groups is 1. The zero-order valence-corrected chi connectivity index (χ0v) is 18.0. The van der Waals surface area contributed by atoms with Gasteiger partial charge in [-0.25, -0.2) is 0 Å². The lowest BCUT2D eigenvalue weighted by Crippen LogP contribution is -2.27. The number of benzene rings is 2. The average Bonchev–Trinajstić information content (AvgIpc) is 3.33. The van der Waals surface area contributed by atoms with Gasteiger partial charge >= 0.3 is 0 Å². The Morgan fingerprint density at radius 1 is 1.16 bits per heavy atom. The van der Waals surface area contributed by atoms with Gasteiger partial charge in [0.1, 0.15) is 17.3 Å². The largest absolute Gasteiger partial charge is 0.496 e. The van der Waals surface area contributed by atoms with Crippen LogP contribution in [-0.2, 0) is 11.3 Å². The molecule has 0 radical (unpaired) electrons. The molecule has 3 aromatic rings. The van der Waals surface area contributed by atoms with E-state index in [9.17, 15) is 19.7 Å². The number of amides is 2. The molecule has 2 amide bonds. The fraction of sp³-hybridized carbons (Fsp3) is 0.130. The first-order valence-corrected chi connectivity index (χ1v) is 10.4. The molecule has 2 heterocycles. The fourth-order valence-corrected chi connectivity index (χ4v) is 4.15. The maximum atomic E-state index is 12.8. The van der Waals surface area contributed by atoms with Crippen molar-refractivity contribution in [1.29, 1.82) is 0 Å². The van der Waals surface area contributed by atoms with Gasteiger partial charge in [-0.15, -0.1) is 0 Å². The molecule has 0 atom stereocenters. The maximum Gasteiger partial charge on any atom is 0.293 e. The number of nitro benzene ring substituents is 1. The van der Waals surface area contributed by atoms with E-state index >= 15 is 0 Å². The summed E-state index contributed by atoms with van der Waals surface area (Å²) in [5.41, 5.74) is 2.22. The van der Waals surface area contributed by atoms with Crippen LogP contribution in [0.4, 0.5) is 10.5 Å². The van der Waals surface area contributed by atoms with E-state index in [4.69, 9.17) is 9.15 Å². The third kappa shape index (κ3) is 4.28. The molecule has 0 N–H and O–H groups in total. The van der Waals surface area contributed by atoms with Crippen LogP contribution in [0.1, 0.15) is 16.9 Å². The normalized spacial score (nSPS) is 14.9. The van der Waals surface area contributed by atoms with E-state index in [0.29, 0.717) is 22.8 Å². The Bertz CT molecular complexity index is 1260. The summed E-state index contributed by atoms with van der Waals surface area (Å²) in [5, 5.41) is 10.8. The van der Waals surface area contributed by atoms with Gasteiger partial charge in [0.2, 0.25) is 0 Å². The van der Waals surface area contributed by atoms with Crippen LogP contribution in [0.5, 0.6) is 5.75 Å². The first kappa shape index (κ1) is 21.4. The van der Waals surface area contributed by atoms with E-state index in [1.807, 2.05) is 31.2 Å². The van der Waals surface area contributed by atoms with Gasteiger partial charge in [-0.05, 0) is 42.4 Å². The van der Waals surface area contributed by atoms with Crippen LogP contribution in [0, 0.1) is 17.0 Å². The number of imide groups is 1. The van der Waals surface area contributed by atoms with E-state index in [1.54, 1.807) is 12.1 Å². The molecule has 1 aliphatic rings. The molecule has 1 fully saturated rings. The predicted molar refractivity (Wildman–Crippen MR) is 120 cm³/mol. The minimum Gasteiger partial charge on any atom is -0.496 e. The van der Waals surface area contributed by atoms with Crippen molar-refractivity contribution in [1.82, 2.24) is 4.90 Å². The van der Waals surface area contributed by atoms with Gasteiger partial charge in [0, 0.05) is 18.2 Å². The number of ether oxygens (including phenoxy) is 1. The molecule has 4 rings (SSSR count). The van der Waals surface area contributed by atoms with Crippen molar-refractivity contribution >= 4 is 34.7 Å². The number of nitrogens with zero attached hydrogens (tertiary/aromatic N) is 2. The standard InChI is InChI=1S/C23H18N2O6S/c1-14-4-3-5-15(10-14)13-24-22(26)21(32-23(24)27)12-17-7-9-20(31-17)18-11-16(25(28)29)6-8-19(18)30-2/h3-12H,13H2,1-2H3/b21-12-. The Kier molecular flexibility index (Phi) is 5.83. The minimum atomic E-state index is -0.503. The fourth-order valence-electron chi connectivity index (χ4n) is 3.34. The Labute approximate surface area is 187 Å². The van der Waals surface area contributed by atoms with E-state index < -0.39 is 10.8 Å². The second-order valence-corrected chi connectivity index (χ2v) is 8.09. The molecule has 32 heavy (non-hydrogen) atoms. The van der Waals surface area contributed by atoms with Crippen molar-refractivity contribution in [2.75, 3.05) is 7.11 Å². The zero-order chi connectivity index (χ0) is 22.8. The van der Waals surface area contributed by atoms with E-state index in [-0.39, 0.29) is 22.4 Å². The van der Waals surface area contributed by atoms with Gasteiger partial charge in [0.15, 0.2) is 0 Å². The molecule has 1 aromatic heterocycles. The van der Waals surface area contributed by atoms with Crippen molar-refractivity contribution in [3.63, 3.8) is 0 Å². The molecule has 0 aliphatic carbocycles. The minimum absolute atomic E-state index is 0.101. The highest BCUT2D eigenvalue weighted by Crippen LogP contribution is 2.37. The van der Waals surface area contributed by atoms with E-state index in [1.165, 1.54) is 36.3 Å². The number of aryl methyl sites for hydroxylation is 1. The number of hydrogen-bond acceptors (Lipinski definition) is 7. The molecular formula is C23H18N2O6S. The van der Waals surface area contributed by atoms with Gasteiger partial charge in [0.25, 0.3) is 16.8 Å². The van der Waals surface area contributed by atoms with Crippen molar-refractivity contribution in [3.8, 4) is 17.1 Å². The zero-order valence-electron chi connectivity index (χ0n) is 17.2. The molecule has 8 nitrogen and oxygen atoms in total. The molecular weight excluding hydrogens is 432 g/mol. The number of hydrogen-bond donors (Lipinski definition) is 0. The average molecular weight is 450 g/mol. The summed E-state index contributed by atoms with van der Waals surface area (Å²) in [6.07, 6.45) is 1.49. The number of rotatable bonds is 6. The van der Waals surface area contributed by atoms with Crippen LogP contribution >= 0.6 is 11.8 Å². The Hall–Kier alpha value is -3.85. The highest BCUT2D eigenvalue weighted by Gasteiger charge is 2.35. The van der Waals surface area contributed by atoms with Crippen molar-refractivity contribution < 1.29 is 23.7 Å². The summed E-state index contributed by atoms with van der Waals surface area (Å²) in [7, 11) is 1.46. The van der Waals surface area contributed by atoms with Crippen LogP contribution in [0.15, 0.2) is 63.9 Å². The molecule has 0 saturated carbocycles. The SMILES string of the molecule is COc1ccc([N+](=O)[O-])cc1-c1ccc(/C=C2\SC(=O)N(Cc3cccc(C)c3)C2=O)o1. The Morgan fingerprint density at radius 2 is 1.97 bits per heavy atom. The molecule has 2 aromatic carbocycles. The second kappa shape index (κ2) is 8.72. The topological polar surface area (TPSA) is 103 Å². The third-order valence-corrected chi connectivity index (χ3v) is 5.76. The predicted octanol–water partition coefficient (Wildman–Crippen LogP) is 5.41. The lowest BCUT2D eigenvalue weighted by molar-refractivity contribution is -0.384. The Morgan fingerprint density at radius 3 is 2.69 bits per heavy atom. The molecule has 0 bridgehead atoms. The van der Waals surface area contributed by atoms with Gasteiger partial charge < -0.3 is 9.15 Å². The lowest BCUT2D eigenvalue weighted by Gasteiger charge is -2.12. The van der Waals surface area contributed by atoms with Gasteiger partial charge in [-0.3, -0.25) is 24.6 Å². The van der Waals surface area contributed by atoms with E-state index in [2.05, 4.69) is 0 Å². The lowest BCUT2D eigenvalue weighted by atomic mass is 10.1. The first-order chi connectivity index (χ1) is 15.4. The van der Waals surface area contributed by atoms with Crippen molar-refractivity contribution in [2.24, 2.45) is 0 Å². The number of carbonyl (C=O) groups is 2. The first-order valence-electron chi connectivity index (χ1n) is 9.59. The summed E-state index contributed by atoms with van der Waals surface area (Å²) < 4.78 is 11.1. The van der Waals surface area contributed by atoms with Crippen LogP contribution in [0.2, 0.25) is 0 Å². The number of carbonyl (C=O) groups excluding carboxylic acids is 2. The molecule has 0 spiro atoms. The quantitative estimate of drug-likeness (QED) is 0.281. The molecule has 9 heteroatoms. The third-order valence-electron chi connectivity index (χ3n) is 4.86. The second-order valence-electron chi connectivity index (χ2n) is 7.10. The number of methoxy groups -OCH3 is 1. The van der Waals surface area contributed by atoms with Crippen molar-refractivity contribution in [2.45, 2.75) is 13.5 Å². The van der Waals surface area contributed by atoms with Crippen LogP contribution in [0.3, 0.4) is 0 Å². The number of non-ortho nitro benzene ring substituents is 1. The smallest absolute Gasteiger partial charge is 0.293 e. The van der Waals surface area contributed by atoms with E-state index in [0.717, 1.165) is 22.9 Å². The highest BCUT2D eigenvalue weighted by atomic mass is 32.2. The number of thioether (sulfide) groups is 1. The molecule has 1 saturated heterocycles. The molecule has 0 unspecified atom stereocenters.